The van der Waals surface area contributed by atoms with Crippen LogP contribution >= 0.6 is 11.8 Å². The Morgan fingerprint density at radius 3 is 2.74 bits per heavy atom. The molecule has 0 aliphatic rings. The molecule has 2 rings (SSSR count). The van der Waals surface area contributed by atoms with Gasteiger partial charge in [-0.15, -0.1) is 0 Å². The Hall–Kier alpha value is -1.84. The van der Waals surface area contributed by atoms with Crippen LogP contribution in [0.4, 0.5) is 0 Å². The summed E-state index contributed by atoms with van der Waals surface area (Å²) in [6.45, 7) is 5.11. The number of carbonyl (C=O) groups excluding carboxylic acids is 1. The highest BCUT2D eigenvalue weighted by Crippen LogP contribution is 2.22. The first-order valence-electron chi connectivity index (χ1n) is 8.77. The summed E-state index contributed by atoms with van der Waals surface area (Å²) < 4.78 is 26.4. The highest BCUT2D eigenvalue weighted by atomic mass is 32.2. The molecule has 0 spiro atoms. The van der Waals surface area contributed by atoms with Crippen LogP contribution in [0.25, 0.3) is 5.69 Å². The van der Waals surface area contributed by atoms with Gasteiger partial charge in [-0.25, -0.2) is 17.7 Å². The molecular formula is C18H26N4O3S2. The molecule has 1 N–H and O–H groups in total. The quantitative estimate of drug-likeness (QED) is 0.479. The lowest BCUT2D eigenvalue weighted by Crippen LogP contribution is -2.34. The van der Waals surface area contributed by atoms with Crippen molar-refractivity contribution < 1.29 is 13.2 Å². The standard InChI is InChI=1S/C18H26N4O3S2/c1-4-21(27(3,24)25)12-7-10-19-17(23)14-26-18-20-11-13-22(18)16-9-6-5-8-15(16)2/h5-6,8-9,11,13H,4,7,10,12,14H2,1-3H3,(H,19,23). The van der Waals surface area contributed by atoms with Crippen molar-refractivity contribution in [1.29, 1.82) is 0 Å². The fourth-order valence-corrected chi connectivity index (χ4v) is 4.36. The van der Waals surface area contributed by atoms with Crippen LogP contribution in [-0.4, -0.2) is 59.8 Å². The van der Waals surface area contributed by atoms with Gasteiger partial charge in [-0.1, -0.05) is 36.9 Å². The average Bonchev–Trinajstić information content (AvgIpc) is 3.07. The van der Waals surface area contributed by atoms with Gasteiger partial charge in [0.05, 0.1) is 17.7 Å². The van der Waals surface area contributed by atoms with E-state index in [1.165, 1.54) is 22.3 Å². The van der Waals surface area contributed by atoms with Crippen LogP contribution < -0.4 is 5.32 Å². The maximum Gasteiger partial charge on any atom is 0.230 e. The molecule has 0 unspecified atom stereocenters. The first-order chi connectivity index (χ1) is 12.8. The number of hydrogen-bond acceptors (Lipinski definition) is 5. The van der Waals surface area contributed by atoms with E-state index in [1.54, 1.807) is 13.1 Å². The molecule has 2 aromatic rings. The van der Waals surface area contributed by atoms with Gasteiger partial charge in [0.1, 0.15) is 0 Å². The SMILES string of the molecule is CCN(CCCNC(=O)CSc1nccn1-c1ccccc1C)S(C)(=O)=O. The predicted molar refractivity (Wildman–Crippen MR) is 109 cm³/mol. The molecule has 27 heavy (non-hydrogen) atoms. The largest absolute Gasteiger partial charge is 0.355 e. The molecule has 0 aliphatic heterocycles. The summed E-state index contributed by atoms with van der Waals surface area (Å²) in [6.07, 6.45) is 5.38. The highest BCUT2D eigenvalue weighted by Gasteiger charge is 2.14. The summed E-state index contributed by atoms with van der Waals surface area (Å²) in [4.78, 5) is 16.4. The highest BCUT2D eigenvalue weighted by molar-refractivity contribution is 7.99. The number of rotatable bonds is 10. The lowest BCUT2D eigenvalue weighted by atomic mass is 10.2. The van der Waals surface area contributed by atoms with Gasteiger partial charge < -0.3 is 5.32 Å². The van der Waals surface area contributed by atoms with Gasteiger partial charge in [-0.05, 0) is 25.0 Å². The zero-order valence-electron chi connectivity index (χ0n) is 15.9. The van der Waals surface area contributed by atoms with Crippen LogP contribution in [0, 0.1) is 6.92 Å². The summed E-state index contributed by atoms with van der Waals surface area (Å²) in [7, 11) is -3.18. The lowest BCUT2D eigenvalue weighted by molar-refractivity contribution is -0.118. The molecule has 0 saturated carbocycles. The van der Waals surface area contributed by atoms with Crippen LogP contribution in [0.3, 0.4) is 0 Å². The number of aryl methyl sites for hydroxylation is 1. The lowest BCUT2D eigenvalue weighted by Gasteiger charge is -2.17. The number of aromatic nitrogens is 2. The molecule has 0 saturated heterocycles. The van der Waals surface area contributed by atoms with Crippen molar-refractivity contribution >= 4 is 27.7 Å². The van der Waals surface area contributed by atoms with E-state index in [1.807, 2.05) is 42.0 Å². The monoisotopic (exact) mass is 410 g/mol. The van der Waals surface area contributed by atoms with Gasteiger partial charge in [-0.3, -0.25) is 9.36 Å². The van der Waals surface area contributed by atoms with E-state index in [9.17, 15) is 13.2 Å². The third kappa shape index (κ3) is 6.37. The van der Waals surface area contributed by atoms with E-state index < -0.39 is 10.0 Å². The summed E-state index contributed by atoms with van der Waals surface area (Å²) in [5.74, 6) is 0.161. The molecule has 0 radical (unpaired) electrons. The van der Waals surface area contributed by atoms with E-state index in [0.717, 1.165) is 16.4 Å². The van der Waals surface area contributed by atoms with Crippen LogP contribution in [0.5, 0.6) is 0 Å². The second kappa shape index (κ2) is 9.91. The van der Waals surface area contributed by atoms with E-state index in [-0.39, 0.29) is 11.7 Å². The molecule has 0 fully saturated rings. The Balaban J connectivity index is 1.80. The zero-order chi connectivity index (χ0) is 19.9. The minimum Gasteiger partial charge on any atom is -0.355 e. The van der Waals surface area contributed by atoms with E-state index >= 15 is 0 Å². The Bertz CT molecular complexity index is 865. The number of para-hydroxylation sites is 1. The number of nitrogens with one attached hydrogen (secondary N) is 1. The molecular weight excluding hydrogens is 384 g/mol. The molecule has 7 nitrogen and oxygen atoms in total. The number of hydrogen-bond donors (Lipinski definition) is 1. The molecule has 0 bridgehead atoms. The minimum atomic E-state index is -3.18. The van der Waals surface area contributed by atoms with Gasteiger partial charge in [0.25, 0.3) is 0 Å². The second-order valence-corrected chi connectivity index (χ2v) is 9.04. The predicted octanol–water partition coefficient (Wildman–Crippen LogP) is 2.06. The van der Waals surface area contributed by atoms with E-state index in [4.69, 9.17) is 0 Å². The molecule has 1 heterocycles. The van der Waals surface area contributed by atoms with E-state index in [2.05, 4.69) is 10.3 Å². The first-order valence-corrected chi connectivity index (χ1v) is 11.6. The van der Waals surface area contributed by atoms with Gasteiger partial charge in [0, 0.05) is 32.0 Å². The number of nitrogens with zero attached hydrogens (tertiary/aromatic N) is 3. The zero-order valence-corrected chi connectivity index (χ0v) is 17.5. The number of sulfonamides is 1. The van der Waals surface area contributed by atoms with Crippen LogP contribution in [0.15, 0.2) is 41.8 Å². The fourth-order valence-electron chi connectivity index (χ4n) is 2.64. The normalized spacial score (nSPS) is 11.7. The average molecular weight is 411 g/mol. The van der Waals surface area contributed by atoms with Crippen molar-refractivity contribution in [2.24, 2.45) is 0 Å². The Morgan fingerprint density at radius 2 is 2.07 bits per heavy atom. The molecule has 1 aromatic heterocycles. The third-order valence-corrected chi connectivity index (χ3v) is 6.39. The second-order valence-electron chi connectivity index (χ2n) is 6.11. The topological polar surface area (TPSA) is 84.3 Å². The number of benzene rings is 1. The molecule has 0 aliphatic carbocycles. The van der Waals surface area contributed by atoms with Crippen LogP contribution in [0.2, 0.25) is 0 Å². The summed E-state index contributed by atoms with van der Waals surface area (Å²) in [5, 5.41) is 3.59. The third-order valence-electron chi connectivity index (χ3n) is 4.04. The van der Waals surface area contributed by atoms with Gasteiger partial charge in [0.2, 0.25) is 15.9 Å². The van der Waals surface area contributed by atoms with E-state index in [0.29, 0.717) is 26.1 Å². The smallest absolute Gasteiger partial charge is 0.230 e. The fraction of sp³-hybridized carbons (Fsp3) is 0.444. The van der Waals surface area contributed by atoms with Crippen molar-refractivity contribution in [2.75, 3.05) is 31.6 Å². The minimum absolute atomic E-state index is 0.0956. The van der Waals surface area contributed by atoms with Crippen molar-refractivity contribution in [3.8, 4) is 5.69 Å². The van der Waals surface area contributed by atoms with Crippen LogP contribution in [0.1, 0.15) is 18.9 Å². The van der Waals surface area contributed by atoms with Crippen molar-refractivity contribution in [2.45, 2.75) is 25.4 Å². The Labute approximate surface area is 165 Å². The summed E-state index contributed by atoms with van der Waals surface area (Å²) in [6, 6.07) is 8.01. The molecule has 9 heteroatoms. The maximum atomic E-state index is 12.1. The molecule has 0 atom stereocenters. The van der Waals surface area contributed by atoms with Crippen molar-refractivity contribution in [3.05, 3.63) is 42.2 Å². The van der Waals surface area contributed by atoms with Gasteiger partial charge >= 0.3 is 0 Å². The Morgan fingerprint density at radius 1 is 1.33 bits per heavy atom. The van der Waals surface area contributed by atoms with Crippen LogP contribution in [-0.2, 0) is 14.8 Å². The summed E-state index contributed by atoms with van der Waals surface area (Å²) in [5.41, 5.74) is 2.17. The number of imidazole rings is 1. The number of carbonyl (C=O) groups is 1. The summed E-state index contributed by atoms with van der Waals surface area (Å²) >= 11 is 1.37. The molecule has 1 amide bonds. The molecule has 148 valence electrons. The first kappa shape index (κ1) is 21.5. The Kier molecular flexibility index (Phi) is 7.88. The number of amides is 1. The number of thioether (sulfide) groups is 1. The van der Waals surface area contributed by atoms with Gasteiger partial charge in [-0.2, -0.15) is 0 Å². The van der Waals surface area contributed by atoms with Crippen molar-refractivity contribution in [1.82, 2.24) is 19.2 Å². The maximum absolute atomic E-state index is 12.1. The van der Waals surface area contributed by atoms with Crippen molar-refractivity contribution in [3.63, 3.8) is 0 Å². The van der Waals surface area contributed by atoms with Gasteiger partial charge in [0.15, 0.2) is 5.16 Å². The molecule has 1 aromatic carbocycles.